The van der Waals surface area contributed by atoms with Gasteiger partial charge in [0.1, 0.15) is 6.29 Å². The molecule has 2 nitrogen and oxygen atoms in total. The van der Waals surface area contributed by atoms with Gasteiger partial charge in [-0.15, -0.1) is 0 Å². The van der Waals surface area contributed by atoms with Crippen LogP contribution in [-0.2, 0) is 4.79 Å². The number of carbonyl (C=O) groups excluding carboxylic acids is 1. The maximum atomic E-state index is 10.2. The molecule has 0 aromatic rings. The van der Waals surface area contributed by atoms with Crippen LogP contribution >= 0.6 is 0 Å². The third kappa shape index (κ3) is 3.03. The summed E-state index contributed by atoms with van der Waals surface area (Å²) in [7, 11) is 0. The van der Waals surface area contributed by atoms with E-state index in [1.165, 1.54) is 0 Å². The quantitative estimate of drug-likeness (QED) is 0.453. The summed E-state index contributed by atoms with van der Waals surface area (Å²) < 4.78 is 0. The van der Waals surface area contributed by atoms with Crippen LogP contribution in [0.5, 0.6) is 0 Å². The van der Waals surface area contributed by atoms with Crippen molar-refractivity contribution in [2.75, 3.05) is 6.61 Å². The van der Waals surface area contributed by atoms with E-state index in [9.17, 15) is 4.79 Å². The number of hydrogen-bond donors (Lipinski definition) is 1. The predicted octanol–water partition coefficient (Wildman–Crippen LogP) is 0.904. The second kappa shape index (κ2) is 4.27. The Morgan fingerprint density at radius 2 is 2.11 bits per heavy atom. The molecule has 0 atom stereocenters. The summed E-state index contributed by atoms with van der Waals surface area (Å²) in [5, 5.41) is 8.42. The van der Waals surface area contributed by atoms with Crippen LogP contribution in [0.1, 0.15) is 20.3 Å². The van der Waals surface area contributed by atoms with E-state index in [1.54, 1.807) is 0 Å². The van der Waals surface area contributed by atoms with Crippen LogP contribution in [0.2, 0.25) is 0 Å². The third-order valence-corrected chi connectivity index (χ3v) is 1.17. The fraction of sp³-hybridized carbons (Fsp3) is 0.571. The van der Waals surface area contributed by atoms with Crippen molar-refractivity contribution in [2.24, 2.45) is 0 Å². The Labute approximate surface area is 55.2 Å². The second-order valence-corrected chi connectivity index (χ2v) is 2.12. The summed E-state index contributed by atoms with van der Waals surface area (Å²) >= 11 is 0. The SMILES string of the molecule is CC(C)=C(C=O)CCO. The number of hydrogen-bond acceptors (Lipinski definition) is 2. The first-order valence-corrected chi connectivity index (χ1v) is 2.94. The highest BCUT2D eigenvalue weighted by Gasteiger charge is 1.94. The van der Waals surface area contributed by atoms with Crippen LogP contribution < -0.4 is 0 Å². The molecule has 0 radical (unpaired) electrons. The van der Waals surface area contributed by atoms with Crippen LogP contribution in [0, 0.1) is 0 Å². The molecule has 0 aliphatic heterocycles. The highest BCUT2D eigenvalue weighted by molar-refractivity contribution is 5.74. The molecule has 52 valence electrons. The Hall–Kier alpha value is -0.630. The summed E-state index contributed by atoms with van der Waals surface area (Å²) in [4.78, 5) is 10.2. The minimum absolute atomic E-state index is 0.0548. The third-order valence-electron chi connectivity index (χ3n) is 1.17. The Kier molecular flexibility index (Phi) is 3.97. The lowest BCUT2D eigenvalue weighted by molar-refractivity contribution is -0.105. The largest absolute Gasteiger partial charge is 0.396 e. The van der Waals surface area contributed by atoms with Crippen LogP contribution in [0.3, 0.4) is 0 Å². The molecule has 0 aromatic carbocycles. The standard InChI is InChI=1S/C7H12O2/c1-6(2)7(5-9)3-4-8/h5,8H,3-4H2,1-2H3. The van der Waals surface area contributed by atoms with Crippen molar-refractivity contribution in [3.63, 3.8) is 0 Å². The van der Waals surface area contributed by atoms with E-state index >= 15 is 0 Å². The van der Waals surface area contributed by atoms with Crippen molar-refractivity contribution >= 4 is 6.29 Å². The van der Waals surface area contributed by atoms with E-state index < -0.39 is 0 Å². The smallest absolute Gasteiger partial charge is 0.146 e. The van der Waals surface area contributed by atoms with Gasteiger partial charge >= 0.3 is 0 Å². The Morgan fingerprint density at radius 3 is 2.22 bits per heavy atom. The molecule has 1 N–H and O–H groups in total. The molecular formula is C7H12O2. The molecule has 0 amide bonds. The van der Waals surface area contributed by atoms with Crippen molar-refractivity contribution in [1.29, 1.82) is 0 Å². The number of rotatable bonds is 3. The Bertz CT molecular complexity index is 121. The van der Waals surface area contributed by atoms with Gasteiger partial charge in [0.25, 0.3) is 0 Å². The van der Waals surface area contributed by atoms with Gasteiger partial charge in [-0.05, 0) is 25.8 Å². The van der Waals surface area contributed by atoms with Gasteiger partial charge in [0.05, 0.1) is 0 Å². The van der Waals surface area contributed by atoms with Crippen molar-refractivity contribution in [3.05, 3.63) is 11.1 Å². The zero-order valence-corrected chi connectivity index (χ0v) is 5.85. The molecular weight excluding hydrogens is 116 g/mol. The first-order chi connectivity index (χ1) is 4.22. The van der Waals surface area contributed by atoms with Gasteiger partial charge < -0.3 is 5.11 Å². The summed E-state index contributed by atoms with van der Waals surface area (Å²) in [5.74, 6) is 0. The molecule has 9 heavy (non-hydrogen) atoms. The normalized spacial score (nSPS) is 8.78. The average Bonchev–Trinajstić information content (AvgIpc) is 1.82. The lowest BCUT2D eigenvalue weighted by atomic mass is 10.1. The number of carbonyl (C=O) groups is 1. The second-order valence-electron chi connectivity index (χ2n) is 2.12. The molecule has 0 aliphatic rings. The number of aliphatic hydroxyl groups is 1. The van der Waals surface area contributed by atoms with E-state index in [-0.39, 0.29) is 6.61 Å². The van der Waals surface area contributed by atoms with E-state index in [0.29, 0.717) is 12.0 Å². The van der Waals surface area contributed by atoms with Crippen LogP contribution in [-0.4, -0.2) is 18.0 Å². The number of allylic oxidation sites excluding steroid dienone is 1. The van der Waals surface area contributed by atoms with Crippen molar-refractivity contribution < 1.29 is 9.90 Å². The summed E-state index contributed by atoms with van der Waals surface area (Å²) in [5.41, 5.74) is 1.69. The molecule has 0 saturated carbocycles. The van der Waals surface area contributed by atoms with Crippen LogP contribution in [0.15, 0.2) is 11.1 Å². The molecule has 0 fully saturated rings. The topological polar surface area (TPSA) is 37.3 Å². The maximum absolute atomic E-state index is 10.2. The first-order valence-electron chi connectivity index (χ1n) is 2.94. The lowest BCUT2D eigenvalue weighted by Crippen LogP contribution is -1.91. The van der Waals surface area contributed by atoms with Gasteiger partial charge in [-0.1, -0.05) is 5.57 Å². The minimum atomic E-state index is 0.0548. The molecule has 0 heterocycles. The van der Waals surface area contributed by atoms with Crippen molar-refractivity contribution in [2.45, 2.75) is 20.3 Å². The van der Waals surface area contributed by atoms with E-state index in [4.69, 9.17) is 5.11 Å². The van der Waals surface area contributed by atoms with Gasteiger partial charge in [-0.2, -0.15) is 0 Å². The molecule has 0 aliphatic carbocycles. The van der Waals surface area contributed by atoms with Crippen LogP contribution in [0.4, 0.5) is 0 Å². The van der Waals surface area contributed by atoms with E-state index in [0.717, 1.165) is 11.9 Å². The first kappa shape index (κ1) is 8.37. The molecule has 0 bridgehead atoms. The highest BCUT2D eigenvalue weighted by atomic mass is 16.3. The summed E-state index contributed by atoms with van der Waals surface area (Å²) in [6.45, 7) is 3.78. The zero-order valence-electron chi connectivity index (χ0n) is 5.85. The monoisotopic (exact) mass is 128 g/mol. The molecule has 2 heteroatoms. The van der Waals surface area contributed by atoms with Crippen molar-refractivity contribution in [3.8, 4) is 0 Å². The van der Waals surface area contributed by atoms with Gasteiger partial charge in [0.15, 0.2) is 0 Å². The van der Waals surface area contributed by atoms with E-state index in [2.05, 4.69) is 0 Å². The highest BCUT2D eigenvalue weighted by Crippen LogP contribution is 2.03. The van der Waals surface area contributed by atoms with Gasteiger partial charge in [0.2, 0.25) is 0 Å². The lowest BCUT2D eigenvalue weighted by Gasteiger charge is -1.96. The van der Waals surface area contributed by atoms with Crippen LogP contribution in [0.25, 0.3) is 0 Å². The number of aldehydes is 1. The summed E-state index contributed by atoms with van der Waals surface area (Å²) in [6.07, 6.45) is 1.28. The molecule has 0 aromatic heterocycles. The minimum Gasteiger partial charge on any atom is -0.396 e. The Morgan fingerprint density at radius 1 is 1.56 bits per heavy atom. The van der Waals surface area contributed by atoms with Gasteiger partial charge in [-0.25, -0.2) is 0 Å². The average molecular weight is 128 g/mol. The maximum Gasteiger partial charge on any atom is 0.146 e. The van der Waals surface area contributed by atoms with Gasteiger partial charge in [0, 0.05) is 6.61 Å². The molecule has 0 unspecified atom stereocenters. The predicted molar refractivity (Wildman–Crippen MR) is 36.1 cm³/mol. The van der Waals surface area contributed by atoms with Crippen molar-refractivity contribution in [1.82, 2.24) is 0 Å². The fourth-order valence-corrected chi connectivity index (χ4v) is 0.547. The van der Waals surface area contributed by atoms with Gasteiger partial charge in [-0.3, -0.25) is 4.79 Å². The zero-order chi connectivity index (χ0) is 7.28. The number of aliphatic hydroxyl groups excluding tert-OH is 1. The Balaban J connectivity index is 3.98. The fourth-order valence-electron chi connectivity index (χ4n) is 0.547. The molecule has 0 rings (SSSR count). The van der Waals surface area contributed by atoms with E-state index in [1.807, 2.05) is 13.8 Å². The molecule has 0 spiro atoms. The molecule has 0 saturated heterocycles. The summed E-state index contributed by atoms with van der Waals surface area (Å²) in [6, 6.07) is 0.